The van der Waals surface area contributed by atoms with Gasteiger partial charge in [0.2, 0.25) is 0 Å². The van der Waals surface area contributed by atoms with Crippen LogP contribution in [-0.4, -0.2) is 22.8 Å². The van der Waals surface area contributed by atoms with Gasteiger partial charge in [0.25, 0.3) is 0 Å². The lowest BCUT2D eigenvalue weighted by atomic mass is 9.83. The Morgan fingerprint density at radius 2 is 2.00 bits per heavy atom. The molecule has 5 heteroatoms. The molecule has 1 aliphatic carbocycles. The van der Waals surface area contributed by atoms with Gasteiger partial charge >= 0.3 is 6.03 Å². The number of halogens is 1. The molecule has 0 saturated heterocycles. The van der Waals surface area contributed by atoms with E-state index in [0.717, 1.165) is 29.8 Å². The van der Waals surface area contributed by atoms with Crippen LogP contribution in [0.4, 0.5) is 10.5 Å². The largest absolute Gasteiger partial charge is 0.342 e. The molecule has 1 fully saturated rings. The molecule has 3 rings (SSSR count). The van der Waals surface area contributed by atoms with E-state index < -0.39 is 0 Å². The zero-order valence-electron chi connectivity index (χ0n) is 13.1. The first-order valence-electron chi connectivity index (χ1n) is 8.05. The van der Waals surface area contributed by atoms with Crippen molar-refractivity contribution < 1.29 is 4.79 Å². The number of carbonyl (C=O) groups excluding carboxylic acids is 1. The molecule has 2 amide bonds. The fourth-order valence-electron chi connectivity index (χ4n) is 3.26. The molecule has 1 heterocycles. The third-order valence-electron chi connectivity index (χ3n) is 4.40. The Hall–Kier alpha value is -1.55. The van der Waals surface area contributed by atoms with Crippen LogP contribution in [-0.2, 0) is 0 Å². The normalized spacial score (nSPS) is 19.5. The van der Waals surface area contributed by atoms with Gasteiger partial charge in [-0.1, -0.05) is 30.9 Å². The minimum atomic E-state index is -0.190. The van der Waals surface area contributed by atoms with E-state index in [1.54, 1.807) is 5.01 Å². The average molecular weight is 320 g/mol. The predicted molar refractivity (Wildman–Crippen MR) is 90.6 cm³/mol. The second-order valence-electron chi connectivity index (χ2n) is 6.38. The molecule has 0 spiro atoms. The van der Waals surface area contributed by atoms with Crippen molar-refractivity contribution in [1.82, 2.24) is 5.01 Å². The fourth-order valence-corrected chi connectivity index (χ4v) is 3.43. The van der Waals surface area contributed by atoms with E-state index in [-0.39, 0.29) is 12.1 Å². The van der Waals surface area contributed by atoms with Gasteiger partial charge in [-0.2, -0.15) is 5.10 Å². The van der Waals surface area contributed by atoms with Crippen molar-refractivity contribution in [2.45, 2.75) is 52.0 Å². The van der Waals surface area contributed by atoms with Gasteiger partial charge in [0.1, 0.15) is 0 Å². The fraction of sp³-hybridized carbons (Fsp3) is 0.529. The van der Waals surface area contributed by atoms with E-state index in [0.29, 0.717) is 10.9 Å². The van der Waals surface area contributed by atoms with Crippen molar-refractivity contribution in [3.63, 3.8) is 0 Å². The number of hydrazone groups is 1. The Morgan fingerprint density at radius 3 is 2.68 bits per heavy atom. The Labute approximate surface area is 136 Å². The van der Waals surface area contributed by atoms with Gasteiger partial charge in [0, 0.05) is 16.5 Å². The third-order valence-corrected chi connectivity index (χ3v) is 4.64. The number of amides is 2. The molecule has 1 N–H and O–H groups in total. The topological polar surface area (TPSA) is 44.7 Å². The predicted octanol–water partition coefficient (Wildman–Crippen LogP) is 4.88. The van der Waals surface area contributed by atoms with Gasteiger partial charge in [-0.25, -0.2) is 9.80 Å². The standard InChI is InChI=1S/C17H22ClN3O/c1-11(2)21-17(22)19-15-10-13(18)8-9-14(15)16(20-21)12-6-4-3-5-7-12/h8-12H,3-7H2,1-2H3,(H,19,22). The van der Waals surface area contributed by atoms with Crippen LogP contribution in [0, 0.1) is 5.92 Å². The number of fused-ring (bicyclic) bond motifs is 1. The average Bonchev–Trinajstić information content (AvgIpc) is 2.63. The Bertz CT molecular complexity index is 606. The molecule has 2 aliphatic rings. The highest BCUT2D eigenvalue weighted by Crippen LogP contribution is 2.33. The molecular weight excluding hydrogens is 298 g/mol. The van der Waals surface area contributed by atoms with Gasteiger partial charge in [-0.15, -0.1) is 0 Å². The molecule has 0 bridgehead atoms. The first-order chi connectivity index (χ1) is 10.6. The number of anilines is 1. The smallest absolute Gasteiger partial charge is 0.306 e. The summed E-state index contributed by atoms with van der Waals surface area (Å²) in [4.78, 5) is 12.4. The van der Waals surface area contributed by atoms with Crippen LogP contribution in [0.3, 0.4) is 0 Å². The highest BCUT2D eigenvalue weighted by atomic mass is 35.5. The summed E-state index contributed by atoms with van der Waals surface area (Å²) < 4.78 is 0. The third kappa shape index (κ3) is 2.98. The second kappa shape index (κ2) is 6.29. The summed E-state index contributed by atoms with van der Waals surface area (Å²) in [7, 11) is 0. The molecule has 0 atom stereocenters. The SMILES string of the molecule is CC(C)N1N=C(C2CCCCC2)c2ccc(Cl)cc2NC1=O. The summed E-state index contributed by atoms with van der Waals surface area (Å²) in [6.45, 7) is 3.95. The molecule has 22 heavy (non-hydrogen) atoms. The lowest BCUT2D eigenvalue weighted by Crippen LogP contribution is -2.35. The Morgan fingerprint density at radius 1 is 1.27 bits per heavy atom. The number of nitrogens with zero attached hydrogens (tertiary/aromatic N) is 2. The van der Waals surface area contributed by atoms with Crippen molar-refractivity contribution in [1.29, 1.82) is 0 Å². The molecule has 118 valence electrons. The Kier molecular flexibility index (Phi) is 4.39. The van der Waals surface area contributed by atoms with Crippen LogP contribution < -0.4 is 5.32 Å². The van der Waals surface area contributed by atoms with Crippen molar-refractivity contribution in [2.75, 3.05) is 5.32 Å². The number of rotatable bonds is 2. The van der Waals surface area contributed by atoms with Gasteiger partial charge in [-0.3, -0.25) is 0 Å². The van der Waals surface area contributed by atoms with Crippen molar-refractivity contribution in [2.24, 2.45) is 11.0 Å². The van der Waals surface area contributed by atoms with Crippen LogP contribution >= 0.6 is 11.6 Å². The number of nitrogens with one attached hydrogen (secondary N) is 1. The molecule has 0 radical (unpaired) electrons. The van der Waals surface area contributed by atoms with E-state index >= 15 is 0 Å². The Balaban J connectivity index is 2.08. The summed E-state index contributed by atoms with van der Waals surface area (Å²) >= 11 is 6.11. The van der Waals surface area contributed by atoms with Crippen LogP contribution in [0.5, 0.6) is 0 Å². The lowest BCUT2D eigenvalue weighted by molar-refractivity contribution is 0.200. The monoisotopic (exact) mass is 319 g/mol. The minimum absolute atomic E-state index is 0.0170. The zero-order valence-corrected chi connectivity index (χ0v) is 13.9. The molecule has 1 aliphatic heterocycles. The van der Waals surface area contributed by atoms with Gasteiger partial charge in [-0.05, 0) is 44.9 Å². The van der Waals surface area contributed by atoms with E-state index in [4.69, 9.17) is 16.7 Å². The second-order valence-corrected chi connectivity index (χ2v) is 6.81. The number of benzene rings is 1. The number of urea groups is 1. The highest BCUT2D eigenvalue weighted by Gasteiger charge is 2.29. The molecule has 1 aromatic carbocycles. The van der Waals surface area contributed by atoms with E-state index in [1.165, 1.54) is 19.3 Å². The van der Waals surface area contributed by atoms with Gasteiger partial charge in [0.15, 0.2) is 0 Å². The van der Waals surface area contributed by atoms with E-state index in [9.17, 15) is 4.79 Å². The highest BCUT2D eigenvalue weighted by molar-refractivity contribution is 6.31. The molecule has 0 unspecified atom stereocenters. The van der Waals surface area contributed by atoms with Crippen LogP contribution in [0.25, 0.3) is 0 Å². The number of hydrogen-bond donors (Lipinski definition) is 1. The van der Waals surface area contributed by atoms with Gasteiger partial charge < -0.3 is 5.32 Å². The molecule has 1 aromatic rings. The van der Waals surface area contributed by atoms with Crippen LogP contribution in [0.15, 0.2) is 23.3 Å². The lowest BCUT2D eigenvalue weighted by Gasteiger charge is -2.25. The van der Waals surface area contributed by atoms with Crippen molar-refractivity contribution in [3.05, 3.63) is 28.8 Å². The molecular formula is C17H22ClN3O. The van der Waals surface area contributed by atoms with Crippen molar-refractivity contribution in [3.8, 4) is 0 Å². The number of carbonyl (C=O) groups is 1. The maximum atomic E-state index is 12.4. The van der Waals surface area contributed by atoms with Crippen LogP contribution in [0.2, 0.25) is 5.02 Å². The summed E-state index contributed by atoms with van der Waals surface area (Å²) in [5.41, 5.74) is 2.80. The summed E-state index contributed by atoms with van der Waals surface area (Å²) in [6, 6.07) is 5.50. The molecule has 1 saturated carbocycles. The number of hydrogen-bond acceptors (Lipinski definition) is 2. The van der Waals surface area contributed by atoms with Crippen LogP contribution in [0.1, 0.15) is 51.5 Å². The van der Waals surface area contributed by atoms with Crippen molar-refractivity contribution >= 4 is 29.0 Å². The first-order valence-corrected chi connectivity index (χ1v) is 8.42. The first kappa shape index (κ1) is 15.3. The van der Waals surface area contributed by atoms with E-state index in [2.05, 4.69) is 5.32 Å². The molecule has 4 nitrogen and oxygen atoms in total. The maximum Gasteiger partial charge on any atom is 0.342 e. The summed E-state index contributed by atoms with van der Waals surface area (Å²) in [5, 5.41) is 9.88. The van der Waals surface area contributed by atoms with E-state index in [1.807, 2.05) is 32.0 Å². The summed E-state index contributed by atoms with van der Waals surface area (Å²) in [5.74, 6) is 0.419. The minimum Gasteiger partial charge on any atom is -0.306 e. The van der Waals surface area contributed by atoms with Gasteiger partial charge in [0.05, 0.1) is 17.4 Å². The zero-order chi connectivity index (χ0) is 15.7. The molecule has 0 aromatic heterocycles. The quantitative estimate of drug-likeness (QED) is 0.829. The maximum absolute atomic E-state index is 12.4. The summed E-state index contributed by atoms with van der Waals surface area (Å²) in [6.07, 6.45) is 6.04.